The van der Waals surface area contributed by atoms with E-state index in [0.717, 1.165) is 34.8 Å². The topological polar surface area (TPSA) is 51.9 Å². The highest BCUT2D eigenvalue weighted by Crippen LogP contribution is 2.32. The quantitative estimate of drug-likeness (QED) is 0.681. The van der Waals surface area contributed by atoms with E-state index < -0.39 is 5.79 Å². The fraction of sp³-hybridized carbons (Fsp3) is 0.350. The molecule has 2 aliphatic heterocycles. The van der Waals surface area contributed by atoms with Crippen molar-refractivity contribution in [3.8, 4) is 0 Å². The van der Waals surface area contributed by atoms with Crippen LogP contribution in [0.5, 0.6) is 0 Å². The number of rotatable bonds is 1. The summed E-state index contributed by atoms with van der Waals surface area (Å²) in [4.78, 5) is 14.7. The highest BCUT2D eigenvalue weighted by molar-refractivity contribution is 6.07. The molecule has 25 heavy (non-hydrogen) atoms. The molecule has 5 rings (SSSR count). The van der Waals surface area contributed by atoms with Crippen molar-refractivity contribution in [1.82, 2.24) is 4.90 Å². The molecule has 3 heterocycles. The van der Waals surface area contributed by atoms with Crippen molar-refractivity contribution < 1.29 is 18.7 Å². The Morgan fingerprint density at radius 2 is 1.80 bits per heavy atom. The van der Waals surface area contributed by atoms with Crippen molar-refractivity contribution in [2.45, 2.75) is 18.6 Å². The van der Waals surface area contributed by atoms with Crippen LogP contribution in [-0.4, -0.2) is 42.9 Å². The van der Waals surface area contributed by atoms with E-state index in [0.29, 0.717) is 31.9 Å². The van der Waals surface area contributed by atoms with Crippen LogP contribution >= 0.6 is 0 Å². The van der Waals surface area contributed by atoms with Crippen LogP contribution in [0.3, 0.4) is 0 Å². The zero-order chi connectivity index (χ0) is 16.9. The van der Waals surface area contributed by atoms with Crippen LogP contribution in [0, 0.1) is 0 Å². The normalized spacial score (nSPS) is 19.9. The number of hydrogen-bond acceptors (Lipinski definition) is 4. The van der Waals surface area contributed by atoms with Crippen LogP contribution in [-0.2, 0) is 9.47 Å². The van der Waals surface area contributed by atoms with Gasteiger partial charge in [0.25, 0.3) is 5.91 Å². The van der Waals surface area contributed by atoms with Gasteiger partial charge < -0.3 is 18.8 Å². The summed E-state index contributed by atoms with van der Waals surface area (Å²) in [6, 6.07) is 13.6. The van der Waals surface area contributed by atoms with E-state index in [4.69, 9.17) is 13.9 Å². The molecule has 2 fully saturated rings. The third-order valence-electron chi connectivity index (χ3n) is 5.13. The molecule has 2 aliphatic rings. The highest BCUT2D eigenvalue weighted by atomic mass is 16.7. The Morgan fingerprint density at radius 3 is 2.68 bits per heavy atom. The molecule has 0 atom stereocenters. The largest absolute Gasteiger partial charge is 0.456 e. The van der Waals surface area contributed by atoms with Gasteiger partial charge in [0.1, 0.15) is 11.2 Å². The maximum Gasteiger partial charge on any atom is 0.254 e. The number of para-hydroxylation sites is 1. The molecule has 0 N–H and O–H groups in total. The van der Waals surface area contributed by atoms with Gasteiger partial charge in [0.05, 0.1) is 19.8 Å². The van der Waals surface area contributed by atoms with Gasteiger partial charge in [0.15, 0.2) is 5.79 Å². The number of ether oxygens (including phenoxy) is 2. The number of hydrogen-bond donors (Lipinski definition) is 0. The summed E-state index contributed by atoms with van der Waals surface area (Å²) in [6.07, 6.45) is 1.64. The Bertz CT molecular complexity index is 955. The van der Waals surface area contributed by atoms with Crippen LogP contribution in [0.1, 0.15) is 23.2 Å². The SMILES string of the molecule is O=C(c1ccc2c(c1)oc1ccccc12)N1CCC2(C1)OCCCO2. The fourth-order valence-corrected chi connectivity index (χ4v) is 3.82. The molecule has 3 aromatic rings. The van der Waals surface area contributed by atoms with Crippen LogP contribution in [0.15, 0.2) is 46.9 Å². The molecule has 5 heteroatoms. The lowest BCUT2D eigenvalue weighted by molar-refractivity contribution is -0.256. The monoisotopic (exact) mass is 337 g/mol. The number of likely N-dealkylation sites (tertiary alicyclic amines) is 1. The summed E-state index contributed by atoms with van der Waals surface area (Å²) in [7, 11) is 0. The lowest BCUT2D eigenvalue weighted by atomic mass is 10.1. The van der Waals surface area contributed by atoms with E-state index >= 15 is 0 Å². The van der Waals surface area contributed by atoms with Crippen molar-refractivity contribution in [2.75, 3.05) is 26.3 Å². The van der Waals surface area contributed by atoms with Crippen molar-refractivity contribution in [1.29, 1.82) is 0 Å². The van der Waals surface area contributed by atoms with Crippen molar-refractivity contribution in [3.05, 3.63) is 48.0 Å². The van der Waals surface area contributed by atoms with Gasteiger partial charge in [-0.25, -0.2) is 0 Å². The first-order valence-electron chi connectivity index (χ1n) is 8.73. The predicted octanol–water partition coefficient (Wildman–Crippen LogP) is 3.57. The summed E-state index contributed by atoms with van der Waals surface area (Å²) >= 11 is 0. The van der Waals surface area contributed by atoms with Gasteiger partial charge in [-0.2, -0.15) is 0 Å². The first kappa shape index (κ1) is 14.9. The van der Waals surface area contributed by atoms with Gasteiger partial charge in [0, 0.05) is 29.3 Å². The lowest BCUT2D eigenvalue weighted by Crippen LogP contribution is -2.44. The molecule has 0 saturated carbocycles. The highest BCUT2D eigenvalue weighted by Gasteiger charge is 2.43. The number of benzene rings is 2. The molecule has 0 unspecified atom stereocenters. The molecular weight excluding hydrogens is 318 g/mol. The number of nitrogens with zero attached hydrogens (tertiary/aromatic N) is 1. The van der Waals surface area contributed by atoms with Crippen molar-refractivity contribution in [2.24, 2.45) is 0 Å². The summed E-state index contributed by atoms with van der Waals surface area (Å²) in [5.41, 5.74) is 2.22. The van der Waals surface area contributed by atoms with E-state index in [1.165, 1.54) is 0 Å². The first-order valence-corrected chi connectivity index (χ1v) is 8.73. The van der Waals surface area contributed by atoms with Crippen LogP contribution in [0.4, 0.5) is 0 Å². The van der Waals surface area contributed by atoms with Gasteiger partial charge in [-0.3, -0.25) is 4.79 Å². The summed E-state index contributed by atoms with van der Waals surface area (Å²) in [6.45, 7) is 2.54. The maximum atomic E-state index is 12.9. The Balaban J connectivity index is 1.44. The molecular formula is C20H19NO4. The minimum atomic E-state index is -0.600. The molecule has 1 aromatic heterocycles. The molecule has 2 saturated heterocycles. The second-order valence-corrected chi connectivity index (χ2v) is 6.75. The fourth-order valence-electron chi connectivity index (χ4n) is 3.82. The van der Waals surface area contributed by atoms with E-state index in [1.54, 1.807) is 0 Å². The minimum Gasteiger partial charge on any atom is -0.456 e. The molecule has 2 aromatic carbocycles. The number of carbonyl (C=O) groups is 1. The third kappa shape index (κ3) is 2.42. The molecule has 1 spiro atoms. The Hall–Kier alpha value is -2.37. The van der Waals surface area contributed by atoms with Gasteiger partial charge in [-0.05, 0) is 30.7 Å². The number of amides is 1. The Kier molecular flexibility index (Phi) is 3.33. The van der Waals surface area contributed by atoms with Crippen molar-refractivity contribution in [3.63, 3.8) is 0 Å². The Morgan fingerprint density at radius 1 is 1.00 bits per heavy atom. The maximum absolute atomic E-state index is 12.9. The van der Waals surface area contributed by atoms with E-state index in [-0.39, 0.29) is 5.91 Å². The van der Waals surface area contributed by atoms with Gasteiger partial charge in [-0.15, -0.1) is 0 Å². The van der Waals surface area contributed by atoms with Gasteiger partial charge in [0.2, 0.25) is 0 Å². The second-order valence-electron chi connectivity index (χ2n) is 6.75. The number of carbonyl (C=O) groups excluding carboxylic acids is 1. The average molecular weight is 337 g/mol. The molecule has 1 amide bonds. The molecule has 0 bridgehead atoms. The van der Waals surface area contributed by atoms with E-state index in [2.05, 4.69) is 0 Å². The summed E-state index contributed by atoms with van der Waals surface area (Å²) in [5.74, 6) is -0.603. The zero-order valence-corrected chi connectivity index (χ0v) is 13.9. The van der Waals surface area contributed by atoms with E-state index in [9.17, 15) is 4.79 Å². The van der Waals surface area contributed by atoms with Crippen molar-refractivity contribution >= 4 is 27.8 Å². The molecule has 0 aliphatic carbocycles. The third-order valence-corrected chi connectivity index (χ3v) is 5.13. The zero-order valence-electron chi connectivity index (χ0n) is 13.9. The van der Waals surface area contributed by atoms with Gasteiger partial charge >= 0.3 is 0 Å². The standard InChI is InChI=1S/C20H19NO4/c22-19(21-9-8-20(13-21)23-10-3-11-24-20)14-6-7-16-15-4-1-2-5-17(15)25-18(16)12-14/h1-2,4-7,12H,3,8-11,13H2. The van der Waals surface area contributed by atoms with Crippen LogP contribution < -0.4 is 0 Å². The van der Waals surface area contributed by atoms with Gasteiger partial charge in [-0.1, -0.05) is 18.2 Å². The van der Waals surface area contributed by atoms with E-state index in [1.807, 2.05) is 47.4 Å². The average Bonchev–Trinajstić information content (AvgIpc) is 3.23. The second kappa shape index (κ2) is 5.58. The predicted molar refractivity (Wildman–Crippen MR) is 93.5 cm³/mol. The summed E-state index contributed by atoms with van der Waals surface area (Å²) < 4.78 is 17.5. The Labute approximate surface area is 145 Å². The lowest BCUT2D eigenvalue weighted by Gasteiger charge is -2.33. The van der Waals surface area contributed by atoms with Crippen LogP contribution in [0.2, 0.25) is 0 Å². The molecule has 0 radical (unpaired) electrons. The minimum absolute atomic E-state index is 0.00277. The first-order chi connectivity index (χ1) is 12.2. The molecule has 5 nitrogen and oxygen atoms in total. The molecule has 128 valence electrons. The van der Waals surface area contributed by atoms with Crippen LogP contribution in [0.25, 0.3) is 21.9 Å². The smallest absolute Gasteiger partial charge is 0.254 e. The number of fused-ring (bicyclic) bond motifs is 3. The number of furan rings is 1. The summed E-state index contributed by atoms with van der Waals surface area (Å²) in [5, 5.41) is 2.10.